The van der Waals surface area contributed by atoms with Gasteiger partial charge in [0.05, 0.1) is 12.1 Å². The first-order valence-electron chi connectivity index (χ1n) is 3.46. The van der Waals surface area contributed by atoms with Gasteiger partial charge in [-0.25, -0.2) is 8.78 Å². The molecule has 0 fully saturated rings. The van der Waals surface area contributed by atoms with Gasteiger partial charge in [0.25, 0.3) is 0 Å². The maximum Gasteiger partial charge on any atom is 0.136 e. The van der Waals surface area contributed by atoms with Gasteiger partial charge in [-0.05, 0) is 0 Å². The van der Waals surface area contributed by atoms with Crippen LogP contribution in [-0.2, 0) is 0 Å². The van der Waals surface area contributed by atoms with E-state index in [0.717, 1.165) is 12.2 Å². The number of alkyl halides is 2. The lowest BCUT2D eigenvalue weighted by atomic mass is 9.82. The fraction of sp³-hybridized carbons (Fsp3) is 0.500. The van der Waals surface area contributed by atoms with Crippen LogP contribution in [0, 0.1) is 34.5 Å². The fourth-order valence-electron chi connectivity index (χ4n) is 1.15. The summed E-state index contributed by atoms with van der Waals surface area (Å²) in [6.45, 7) is 0. The van der Waals surface area contributed by atoms with Crippen LogP contribution in [0.1, 0.15) is 0 Å². The van der Waals surface area contributed by atoms with E-state index in [-0.39, 0.29) is 0 Å². The van der Waals surface area contributed by atoms with Gasteiger partial charge in [0.1, 0.15) is 24.2 Å². The highest BCUT2D eigenvalue weighted by Gasteiger charge is 2.37. The highest BCUT2D eigenvalue weighted by molar-refractivity contribution is 5.17. The quantitative estimate of drug-likeness (QED) is 0.515. The molecule has 1 aliphatic rings. The van der Waals surface area contributed by atoms with Crippen molar-refractivity contribution in [2.45, 2.75) is 12.3 Å². The second kappa shape index (κ2) is 3.32. The summed E-state index contributed by atoms with van der Waals surface area (Å²) in [7, 11) is 0. The molecule has 12 heavy (non-hydrogen) atoms. The van der Waals surface area contributed by atoms with Crippen molar-refractivity contribution in [2.24, 2.45) is 11.8 Å². The molecule has 1 rings (SSSR count). The Hall–Kier alpha value is -1.42. The highest BCUT2D eigenvalue weighted by Crippen LogP contribution is 2.28. The number of hydrogen-bond acceptors (Lipinski definition) is 2. The lowest BCUT2D eigenvalue weighted by Gasteiger charge is -2.22. The summed E-state index contributed by atoms with van der Waals surface area (Å²) in [5.41, 5.74) is 0. The molecule has 0 bridgehead atoms. The van der Waals surface area contributed by atoms with Crippen molar-refractivity contribution in [1.82, 2.24) is 0 Å². The summed E-state index contributed by atoms with van der Waals surface area (Å²) in [4.78, 5) is 0. The smallest absolute Gasteiger partial charge is 0.136 e. The molecule has 0 saturated carbocycles. The number of rotatable bonds is 0. The van der Waals surface area contributed by atoms with E-state index in [1.807, 2.05) is 0 Å². The Morgan fingerprint density at radius 2 is 1.25 bits per heavy atom. The zero-order chi connectivity index (χ0) is 9.14. The molecule has 0 saturated heterocycles. The molecule has 1 aliphatic carbocycles. The molecule has 0 radical (unpaired) electrons. The molecule has 62 valence electrons. The van der Waals surface area contributed by atoms with Crippen molar-refractivity contribution < 1.29 is 8.78 Å². The first-order valence-corrected chi connectivity index (χ1v) is 3.46. The Labute approximate surface area is 68.7 Å². The van der Waals surface area contributed by atoms with Crippen LogP contribution in [0.25, 0.3) is 0 Å². The third kappa shape index (κ3) is 1.29. The minimum atomic E-state index is -1.52. The largest absolute Gasteiger partial charge is 0.241 e. The maximum atomic E-state index is 12.8. The van der Waals surface area contributed by atoms with Gasteiger partial charge in [0.2, 0.25) is 0 Å². The molecule has 0 heterocycles. The Morgan fingerprint density at radius 3 is 1.50 bits per heavy atom. The molecule has 0 N–H and O–H groups in total. The molecule has 0 aliphatic heterocycles. The number of nitriles is 2. The van der Waals surface area contributed by atoms with Gasteiger partial charge in [-0.2, -0.15) is 10.5 Å². The molecule has 0 amide bonds. The van der Waals surface area contributed by atoms with Crippen molar-refractivity contribution in [3.8, 4) is 12.1 Å². The summed E-state index contributed by atoms with van der Waals surface area (Å²) in [5, 5.41) is 16.9. The summed E-state index contributed by atoms with van der Waals surface area (Å²) in [6.07, 6.45) is -1.06. The van der Waals surface area contributed by atoms with Gasteiger partial charge in [-0.3, -0.25) is 0 Å². The lowest BCUT2D eigenvalue weighted by molar-refractivity contribution is 0.197. The minimum Gasteiger partial charge on any atom is -0.241 e. The van der Waals surface area contributed by atoms with E-state index in [1.54, 1.807) is 12.1 Å². The van der Waals surface area contributed by atoms with Crippen LogP contribution in [0.5, 0.6) is 0 Å². The normalized spacial score (nSPS) is 40.0. The highest BCUT2D eigenvalue weighted by atomic mass is 19.1. The zero-order valence-corrected chi connectivity index (χ0v) is 6.11. The van der Waals surface area contributed by atoms with Gasteiger partial charge in [-0.1, -0.05) is 12.2 Å². The van der Waals surface area contributed by atoms with E-state index in [9.17, 15) is 8.78 Å². The Kier molecular flexibility index (Phi) is 2.40. The molecular formula is C8H6F2N2. The minimum absolute atomic E-state index is 0.992. The Bertz CT molecular complexity index is 246. The van der Waals surface area contributed by atoms with E-state index < -0.39 is 24.2 Å². The van der Waals surface area contributed by atoms with Crippen LogP contribution in [-0.4, -0.2) is 12.3 Å². The first-order chi connectivity index (χ1) is 5.70. The molecule has 4 heteroatoms. The van der Waals surface area contributed by atoms with Crippen LogP contribution in [0.4, 0.5) is 8.78 Å². The van der Waals surface area contributed by atoms with Crippen LogP contribution in [0.2, 0.25) is 0 Å². The van der Waals surface area contributed by atoms with Gasteiger partial charge < -0.3 is 0 Å². The van der Waals surface area contributed by atoms with Crippen molar-refractivity contribution in [3.63, 3.8) is 0 Å². The number of allylic oxidation sites excluding steroid dienone is 2. The van der Waals surface area contributed by atoms with E-state index in [1.165, 1.54) is 0 Å². The van der Waals surface area contributed by atoms with Crippen molar-refractivity contribution in [3.05, 3.63) is 12.2 Å². The SMILES string of the molecule is N#CC1C(F)C=CC(F)C1C#N. The standard InChI is InChI=1S/C8H6F2N2/c9-7-1-2-8(10)6(4-12)5(7)3-11/h1-2,5-8H. The van der Waals surface area contributed by atoms with Crippen LogP contribution in [0.3, 0.4) is 0 Å². The topological polar surface area (TPSA) is 47.6 Å². The monoisotopic (exact) mass is 168 g/mol. The molecule has 0 aromatic carbocycles. The Morgan fingerprint density at radius 1 is 0.917 bits per heavy atom. The second-order valence-corrected chi connectivity index (χ2v) is 2.58. The molecule has 0 aromatic heterocycles. The average Bonchev–Trinajstić information content (AvgIpc) is 2.08. The summed E-state index contributed by atoms with van der Waals surface area (Å²) >= 11 is 0. The lowest BCUT2D eigenvalue weighted by Crippen LogP contribution is -2.31. The third-order valence-electron chi connectivity index (χ3n) is 1.85. The summed E-state index contributed by atoms with van der Waals surface area (Å²) in [5.74, 6) is -2.34. The third-order valence-corrected chi connectivity index (χ3v) is 1.85. The number of nitrogens with zero attached hydrogens (tertiary/aromatic N) is 2. The van der Waals surface area contributed by atoms with E-state index in [0.29, 0.717) is 0 Å². The van der Waals surface area contributed by atoms with Crippen molar-refractivity contribution in [2.75, 3.05) is 0 Å². The fourth-order valence-corrected chi connectivity index (χ4v) is 1.15. The first kappa shape index (κ1) is 8.67. The van der Waals surface area contributed by atoms with Gasteiger partial charge >= 0.3 is 0 Å². The molecule has 2 nitrogen and oxygen atoms in total. The average molecular weight is 168 g/mol. The van der Waals surface area contributed by atoms with Crippen molar-refractivity contribution in [1.29, 1.82) is 10.5 Å². The molecule has 4 atom stereocenters. The maximum absolute atomic E-state index is 12.8. The van der Waals surface area contributed by atoms with Gasteiger partial charge in [-0.15, -0.1) is 0 Å². The Balaban J connectivity index is 2.92. The zero-order valence-electron chi connectivity index (χ0n) is 6.11. The predicted octanol–water partition coefficient (Wildman–Crippen LogP) is 1.51. The van der Waals surface area contributed by atoms with E-state index in [4.69, 9.17) is 10.5 Å². The van der Waals surface area contributed by atoms with Crippen LogP contribution < -0.4 is 0 Å². The summed E-state index contributed by atoms with van der Waals surface area (Å²) < 4.78 is 25.7. The molecule has 4 unspecified atom stereocenters. The predicted molar refractivity (Wildman–Crippen MR) is 37.1 cm³/mol. The number of halogens is 2. The van der Waals surface area contributed by atoms with Gasteiger partial charge in [0, 0.05) is 0 Å². The second-order valence-electron chi connectivity index (χ2n) is 2.58. The van der Waals surface area contributed by atoms with E-state index in [2.05, 4.69) is 0 Å². The number of hydrogen-bond donors (Lipinski definition) is 0. The molecule has 0 aromatic rings. The molecule has 0 spiro atoms. The van der Waals surface area contributed by atoms with Crippen molar-refractivity contribution >= 4 is 0 Å². The summed E-state index contributed by atoms with van der Waals surface area (Å²) in [6, 6.07) is 3.19. The molecular weight excluding hydrogens is 162 g/mol. The van der Waals surface area contributed by atoms with E-state index >= 15 is 0 Å². The van der Waals surface area contributed by atoms with Crippen LogP contribution in [0.15, 0.2) is 12.2 Å². The van der Waals surface area contributed by atoms with Crippen LogP contribution >= 0.6 is 0 Å². The van der Waals surface area contributed by atoms with Gasteiger partial charge in [0.15, 0.2) is 0 Å².